The average molecular weight is 428 g/mol. The zero-order valence-electron chi connectivity index (χ0n) is 17.7. The number of nitrogens with zero attached hydrogens (tertiary/aromatic N) is 2. The van der Waals surface area contributed by atoms with E-state index in [4.69, 9.17) is 4.74 Å². The molecule has 0 bridgehead atoms. The third-order valence-electron chi connectivity index (χ3n) is 5.91. The summed E-state index contributed by atoms with van der Waals surface area (Å²) in [5.41, 5.74) is 3.73. The molecule has 3 heterocycles. The third kappa shape index (κ3) is 3.97. The van der Waals surface area contributed by atoms with E-state index in [0.717, 1.165) is 36.0 Å². The van der Waals surface area contributed by atoms with Gasteiger partial charge in [0.15, 0.2) is 0 Å². The van der Waals surface area contributed by atoms with Crippen molar-refractivity contribution in [3.63, 3.8) is 0 Å². The SMILES string of the molecule is O=C(NCC1CCCO1)c1ccc2c(c1)n(CC=Cc1ccccc1)c(=O)c1cccn12. The van der Waals surface area contributed by atoms with E-state index < -0.39 is 0 Å². The van der Waals surface area contributed by atoms with Gasteiger partial charge >= 0.3 is 0 Å². The molecule has 0 radical (unpaired) electrons. The van der Waals surface area contributed by atoms with Crippen LogP contribution in [0.15, 0.2) is 77.7 Å². The Bertz CT molecular complexity index is 1350. The van der Waals surface area contributed by atoms with Crippen molar-refractivity contribution >= 4 is 28.5 Å². The van der Waals surface area contributed by atoms with Crippen LogP contribution < -0.4 is 10.9 Å². The first-order chi connectivity index (χ1) is 15.7. The Hall–Kier alpha value is -3.64. The molecule has 1 amide bonds. The molecule has 5 rings (SSSR count). The number of amides is 1. The minimum atomic E-state index is -0.158. The van der Waals surface area contributed by atoms with Crippen LogP contribution in [-0.4, -0.2) is 34.1 Å². The first-order valence-corrected chi connectivity index (χ1v) is 11.0. The highest BCUT2D eigenvalue weighted by Gasteiger charge is 2.18. The predicted molar refractivity (Wildman–Crippen MR) is 126 cm³/mol. The molecule has 0 saturated carbocycles. The number of allylic oxidation sites excluding steroid dienone is 1. The van der Waals surface area contributed by atoms with Crippen molar-refractivity contribution in [2.24, 2.45) is 0 Å². The van der Waals surface area contributed by atoms with Gasteiger partial charge in [0.05, 0.1) is 17.1 Å². The molecular formula is C26H25N3O3. The summed E-state index contributed by atoms with van der Waals surface area (Å²) in [7, 11) is 0. The summed E-state index contributed by atoms with van der Waals surface area (Å²) < 4.78 is 9.19. The maximum Gasteiger partial charge on any atom is 0.275 e. The zero-order valence-corrected chi connectivity index (χ0v) is 17.7. The van der Waals surface area contributed by atoms with Crippen molar-refractivity contribution in [2.45, 2.75) is 25.5 Å². The smallest absolute Gasteiger partial charge is 0.275 e. The van der Waals surface area contributed by atoms with Crippen molar-refractivity contribution in [3.05, 3.63) is 94.4 Å². The van der Waals surface area contributed by atoms with E-state index in [-0.39, 0.29) is 17.6 Å². The van der Waals surface area contributed by atoms with Gasteiger partial charge in [0.2, 0.25) is 0 Å². The number of fused-ring (bicyclic) bond motifs is 3. The molecule has 2 aromatic carbocycles. The number of aromatic nitrogens is 2. The molecule has 1 N–H and O–H groups in total. The second-order valence-corrected chi connectivity index (χ2v) is 8.04. The molecular weight excluding hydrogens is 402 g/mol. The maximum absolute atomic E-state index is 13.2. The third-order valence-corrected chi connectivity index (χ3v) is 5.91. The second-order valence-electron chi connectivity index (χ2n) is 8.04. The molecule has 0 spiro atoms. The van der Waals surface area contributed by atoms with Crippen LogP contribution in [0, 0.1) is 0 Å². The van der Waals surface area contributed by atoms with Gasteiger partial charge < -0.3 is 19.0 Å². The lowest BCUT2D eigenvalue weighted by atomic mass is 10.1. The fourth-order valence-corrected chi connectivity index (χ4v) is 4.25. The number of nitrogens with one attached hydrogen (secondary N) is 1. The topological polar surface area (TPSA) is 64.7 Å². The number of carbonyl (C=O) groups is 1. The summed E-state index contributed by atoms with van der Waals surface area (Å²) in [6.07, 6.45) is 7.93. The van der Waals surface area contributed by atoms with Crippen LogP contribution in [-0.2, 0) is 11.3 Å². The number of rotatable bonds is 6. The van der Waals surface area contributed by atoms with E-state index in [1.807, 2.05) is 71.3 Å². The van der Waals surface area contributed by atoms with Gasteiger partial charge in [0.25, 0.3) is 11.5 Å². The van der Waals surface area contributed by atoms with E-state index in [2.05, 4.69) is 5.32 Å². The Labute approximate surface area is 185 Å². The minimum absolute atomic E-state index is 0.0835. The van der Waals surface area contributed by atoms with Crippen LogP contribution in [0.3, 0.4) is 0 Å². The van der Waals surface area contributed by atoms with Crippen LogP contribution in [0.25, 0.3) is 22.6 Å². The van der Waals surface area contributed by atoms with Gasteiger partial charge in [0.1, 0.15) is 5.52 Å². The number of carbonyl (C=O) groups excluding carboxylic acids is 1. The lowest BCUT2D eigenvalue weighted by Gasteiger charge is -2.14. The Morgan fingerprint density at radius 2 is 1.94 bits per heavy atom. The van der Waals surface area contributed by atoms with Gasteiger partial charge in [-0.25, -0.2) is 0 Å². The average Bonchev–Trinajstić information content (AvgIpc) is 3.52. The summed E-state index contributed by atoms with van der Waals surface area (Å²) in [5.74, 6) is -0.158. The molecule has 6 nitrogen and oxygen atoms in total. The lowest BCUT2D eigenvalue weighted by molar-refractivity contribution is 0.0858. The standard InChI is InChI=1S/C26H25N3O3/c30-25(27-18-21-10-6-16-32-21)20-12-13-22-24(17-20)29(26(31)23-11-5-14-28(22)23)15-4-9-19-7-2-1-3-8-19/h1-5,7-9,11-14,17,21H,6,10,15-16,18H2,(H,27,30). The van der Waals surface area contributed by atoms with Crippen LogP contribution in [0.2, 0.25) is 0 Å². The van der Waals surface area contributed by atoms with Crippen LogP contribution in [0.1, 0.15) is 28.8 Å². The highest BCUT2D eigenvalue weighted by Crippen LogP contribution is 2.18. The van der Waals surface area contributed by atoms with E-state index >= 15 is 0 Å². The highest BCUT2D eigenvalue weighted by atomic mass is 16.5. The predicted octanol–water partition coefficient (Wildman–Crippen LogP) is 3.88. The van der Waals surface area contributed by atoms with Crippen molar-refractivity contribution < 1.29 is 9.53 Å². The largest absolute Gasteiger partial charge is 0.376 e. The minimum Gasteiger partial charge on any atom is -0.376 e. The fraction of sp³-hybridized carbons (Fsp3) is 0.231. The lowest BCUT2D eigenvalue weighted by Crippen LogP contribution is -2.32. The van der Waals surface area contributed by atoms with E-state index in [0.29, 0.717) is 24.2 Å². The first-order valence-electron chi connectivity index (χ1n) is 11.0. The van der Waals surface area contributed by atoms with Crippen molar-refractivity contribution in [1.29, 1.82) is 0 Å². The molecule has 1 unspecified atom stereocenters. The number of hydrogen-bond acceptors (Lipinski definition) is 3. The Balaban J connectivity index is 1.50. The number of ether oxygens (including phenoxy) is 1. The van der Waals surface area contributed by atoms with Crippen LogP contribution >= 0.6 is 0 Å². The molecule has 1 fully saturated rings. The van der Waals surface area contributed by atoms with E-state index in [1.165, 1.54) is 0 Å². The molecule has 32 heavy (non-hydrogen) atoms. The number of hydrogen-bond donors (Lipinski definition) is 1. The second kappa shape index (κ2) is 8.85. The van der Waals surface area contributed by atoms with Gasteiger partial charge in [0, 0.05) is 31.5 Å². The maximum atomic E-state index is 13.2. The zero-order chi connectivity index (χ0) is 21.9. The van der Waals surface area contributed by atoms with E-state index in [1.54, 1.807) is 16.7 Å². The van der Waals surface area contributed by atoms with E-state index in [9.17, 15) is 9.59 Å². The van der Waals surface area contributed by atoms with Crippen LogP contribution in [0.4, 0.5) is 0 Å². The summed E-state index contributed by atoms with van der Waals surface area (Å²) in [6, 6.07) is 19.2. The quantitative estimate of drug-likeness (QED) is 0.508. The summed E-state index contributed by atoms with van der Waals surface area (Å²) in [6.45, 7) is 1.67. The van der Waals surface area contributed by atoms with Crippen molar-refractivity contribution in [2.75, 3.05) is 13.2 Å². The molecule has 1 aliphatic heterocycles. The van der Waals surface area contributed by atoms with Crippen molar-refractivity contribution in [3.8, 4) is 0 Å². The van der Waals surface area contributed by atoms with Gasteiger partial charge in [-0.15, -0.1) is 0 Å². The van der Waals surface area contributed by atoms with Gasteiger partial charge in [-0.1, -0.05) is 42.5 Å². The molecule has 1 saturated heterocycles. The molecule has 4 aromatic rings. The molecule has 6 heteroatoms. The number of benzene rings is 2. The molecule has 0 aliphatic carbocycles. The highest BCUT2D eigenvalue weighted by molar-refractivity contribution is 5.97. The molecule has 1 aliphatic rings. The monoisotopic (exact) mass is 427 g/mol. The molecule has 1 atom stereocenters. The summed E-state index contributed by atoms with van der Waals surface area (Å²) >= 11 is 0. The van der Waals surface area contributed by atoms with Crippen molar-refractivity contribution in [1.82, 2.24) is 14.3 Å². The fourth-order valence-electron chi connectivity index (χ4n) is 4.25. The summed E-state index contributed by atoms with van der Waals surface area (Å²) in [5, 5.41) is 2.96. The Morgan fingerprint density at radius 1 is 1.06 bits per heavy atom. The molecule has 162 valence electrons. The normalized spacial score (nSPS) is 16.3. The van der Waals surface area contributed by atoms with Crippen LogP contribution in [0.5, 0.6) is 0 Å². The van der Waals surface area contributed by atoms with Gasteiger partial charge in [-0.2, -0.15) is 0 Å². The Morgan fingerprint density at radius 3 is 2.75 bits per heavy atom. The summed E-state index contributed by atoms with van der Waals surface area (Å²) in [4.78, 5) is 26.0. The Kier molecular flexibility index (Phi) is 5.60. The molecule has 2 aromatic heterocycles. The van der Waals surface area contributed by atoms with Gasteiger partial charge in [-0.05, 0) is 48.7 Å². The van der Waals surface area contributed by atoms with Gasteiger partial charge in [-0.3, -0.25) is 9.59 Å². The first kappa shape index (κ1) is 20.3.